The van der Waals surface area contributed by atoms with Crippen LogP contribution in [0.3, 0.4) is 0 Å². The van der Waals surface area contributed by atoms with E-state index in [-0.39, 0.29) is 25.9 Å². The maximum absolute atomic E-state index is 12.6. The second kappa shape index (κ2) is 7.58. The van der Waals surface area contributed by atoms with Gasteiger partial charge in [0.1, 0.15) is 10.8 Å². The molecule has 9 heteroatoms. The van der Waals surface area contributed by atoms with Crippen LogP contribution in [0.15, 0.2) is 34.3 Å². The molecular weight excluding hydrogens is 411 g/mol. The van der Waals surface area contributed by atoms with Crippen LogP contribution in [0, 0.1) is 6.92 Å². The molecule has 146 valence electrons. The van der Waals surface area contributed by atoms with Crippen molar-refractivity contribution in [1.82, 2.24) is 4.83 Å². The molecule has 0 heterocycles. The Balaban J connectivity index is 2.35. The van der Waals surface area contributed by atoms with Gasteiger partial charge in [-0.05, 0) is 35.6 Å². The van der Waals surface area contributed by atoms with Crippen LogP contribution in [0.2, 0.25) is 10.0 Å². The van der Waals surface area contributed by atoms with Crippen molar-refractivity contribution in [2.75, 3.05) is 0 Å². The minimum atomic E-state index is -3.93. The Morgan fingerprint density at radius 3 is 2.33 bits per heavy atom. The van der Waals surface area contributed by atoms with Crippen LogP contribution in [0.1, 0.15) is 37.5 Å². The summed E-state index contributed by atoms with van der Waals surface area (Å²) in [5.41, 5.74) is 1.27. The molecule has 0 bridgehead atoms. The first-order valence-electron chi connectivity index (χ1n) is 7.90. The molecule has 0 unspecified atom stereocenters. The van der Waals surface area contributed by atoms with Crippen molar-refractivity contribution < 1.29 is 18.6 Å². The average molecular weight is 431 g/mol. The van der Waals surface area contributed by atoms with Crippen LogP contribution >= 0.6 is 23.2 Å². The van der Waals surface area contributed by atoms with Crippen molar-refractivity contribution in [2.45, 2.75) is 38.0 Å². The lowest BCUT2D eigenvalue weighted by Crippen LogP contribution is -2.21. The van der Waals surface area contributed by atoms with Gasteiger partial charge in [-0.2, -0.15) is 13.5 Å². The molecule has 2 aromatic rings. The molecule has 0 saturated carbocycles. The number of hydrogen-bond donors (Lipinski definition) is 3. The van der Waals surface area contributed by atoms with Crippen molar-refractivity contribution in [3.8, 4) is 11.5 Å². The monoisotopic (exact) mass is 430 g/mol. The lowest BCUT2D eigenvalue weighted by molar-refractivity contribution is 0.450. The van der Waals surface area contributed by atoms with E-state index in [0.717, 1.165) is 11.8 Å². The van der Waals surface area contributed by atoms with E-state index in [2.05, 4.69) is 9.93 Å². The molecule has 0 aromatic heterocycles. The van der Waals surface area contributed by atoms with Crippen LogP contribution < -0.4 is 4.83 Å². The SMILES string of the molecule is Cc1ccc(C(C)(C)C)cc1S(=O)(=O)N/N=C/c1cc(Cl)c(O)c(Cl)c1O. The number of phenolic OH excluding ortho intramolecular Hbond substituents is 2. The largest absolute Gasteiger partial charge is 0.506 e. The van der Waals surface area contributed by atoms with Gasteiger partial charge in [0.15, 0.2) is 5.75 Å². The number of rotatable bonds is 4. The lowest BCUT2D eigenvalue weighted by atomic mass is 9.87. The second-order valence-corrected chi connectivity index (χ2v) is 9.46. The Morgan fingerprint density at radius 1 is 1.11 bits per heavy atom. The minimum Gasteiger partial charge on any atom is -0.506 e. The number of hydrogen-bond acceptors (Lipinski definition) is 5. The topological polar surface area (TPSA) is 99.0 Å². The quantitative estimate of drug-likeness (QED) is 0.496. The zero-order chi connectivity index (χ0) is 20.6. The third-order valence-electron chi connectivity index (χ3n) is 3.92. The van der Waals surface area contributed by atoms with Gasteiger partial charge in [0, 0.05) is 5.56 Å². The molecule has 0 fully saturated rings. The van der Waals surface area contributed by atoms with E-state index in [1.165, 1.54) is 6.07 Å². The summed E-state index contributed by atoms with van der Waals surface area (Å²) in [5, 5.41) is 22.7. The molecular formula is C18H20Cl2N2O4S. The summed E-state index contributed by atoms with van der Waals surface area (Å²) in [6.45, 7) is 7.65. The molecule has 0 aliphatic heterocycles. The Bertz CT molecular complexity index is 1010. The standard InChI is InChI=1S/C18H20Cl2N2O4S/c1-10-5-6-12(18(2,3)4)8-14(10)27(25,26)22-21-9-11-7-13(19)17(24)15(20)16(11)23/h5-9,22-24H,1-4H3/b21-9+. The van der Waals surface area contributed by atoms with Gasteiger partial charge >= 0.3 is 0 Å². The maximum atomic E-state index is 12.6. The number of hydrazone groups is 1. The number of aryl methyl sites for hydroxylation is 1. The van der Waals surface area contributed by atoms with Crippen LogP contribution in [-0.2, 0) is 15.4 Å². The summed E-state index contributed by atoms with van der Waals surface area (Å²) >= 11 is 11.5. The molecule has 27 heavy (non-hydrogen) atoms. The normalized spacial score (nSPS) is 12.5. The lowest BCUT2D eigenvalue weighted by Gasteiger charge is -2.20. The van der Waals surface area contributed by atoms with Crippen LogP contribution in [0.5, 0.6) is 11.5 Å². The fraction of sp³-hybridized carbons (Fsp3) is 0.278. The van der Waals surface area contributed by atoms with E-state index in [0.29, 0.717) is 5.56 Å². The number of benzene rings is 2. The predicted octanol–water partition coefficient (Wildman–Crippen LogP) is 4.32. The fourth-order valence-electron chi connectivity index (χ4n) is 2.29. The summed E-state index contributed by atoms with van der Waals surface area (Å²) in [4.78, 5) is 2.22. The Hall–Kier alpha value is -1.96. The van der Waals surface area contributed by atoms with E-state index in [1.54, 1.807) is 19.1 Å². The average Bonchev–Trinajstić information content (AvgIpc) is 2.56. The fourth-order valence-corrected chi connectivity index (χ4v) is 3.82. The van der Waals surface area contributed by atoms with E-state index in [1.807, 2.05) is 26.8 Å². The van der Waals surface area contributed by atoms with Crippen molar-refractivity contribution in [3.63, 3.8) is 0 Å². The smallest absolute Gasteiger partial charge is 0.276 e. The molecule has 0 amide bonds. The summed E-state index contributed by atoms with van der Waals surface area (Å²) in [5.74, 6) is -0.935. The molecule has 0 aliphatic carbocycles. The van der Waals surface area contributed by atoms with Crippen LogP contribution in [0.4, 0.5) is 0 Å². The van der Waals surface area contributed by atoms with Gasteiger partial charge in [-0.15, -0.1) is 0 Å². The first-order chi connectivity index (χ1) is 12.3. The van der Waals surface area contributed by atoms with Crippen molar-refractivity contribution >= 4 is 39.4 Å². The molecule has 0 radical (unpaired) electrons. The molecule has 0 saturated heterocycles. The number of phenols is 2. The third-order valence-corrected chi connectivity index (χ3v) is 5.93. The highest BCUT2D eigenvalue weighted by Gasteiger charge is 2.21. The summed E-state index contributed by atoms with van der Waals surface area (Å²) in [6, 6.07) is 6.45. The zero-order valence-corrected chi connectivity index (χ0v) is 17.5. The highest BCUT2D eigenvalue weighted by Crippen LogP contribution is 2.40. The number of aromatic hydroxyl groups is 2. The molecule has 6 nitrogen and oxygen atoms in total. The highest BCUT2D eigenvalue weighted by molar-refractivity contribution is 7.89. The Kier molecular flexibility index (Phi) is 5.99. The Labute approximate surface area is 168 Å². The number of nitrogens with zero attached hydrogens (tertiary/aromatic N) is 1. The van der Waals surface area contributed by atoms with E-state index >= 15 is 0 Å². The number of nitrogens with one attached hydrogen (secondary N) is 1. The summed E-state index contributed by atoms with van der Waals surface area (Å²) < 4.78 is 25.2. The van der Waals surface area contributed by atoms with Gasteiger partial charge in [-0.25, -0.2) is 4.83 Å². The Morgan fingerprint density at radius 2 is 1.74 bits per heavy atom. The maximum Gasteiger partial charge on any atom is 0.276 e. The molecule has 0 aliphatic rings. The van der Waals surface area contributed by atoms with Gasteiger partial charge in [-0.1, -0.05) is 56.1 Å². The van der Waals surface area contributed by atoms with Gasteiger partial charge in [-0.3, -0.25) is 0 Å². The van der Waals surface area contributed by atoms with Crippen LogP contribution in [0.25, 0.3) is 0 Å². The predicted molar refractivity (Wildman–Crippen MR) is 108 cm³/mol. The minimum absolute atomic E-state index is 0.0469. The van der Waals surface area contributed by atoms with Gasteiger partial charge in [0.05, 0.1) is 16.1 Å². The van der Waals surface area contributed by atoms with Crippen molar-refractivity contribution in [1.29, 1.82) is 0 Å². The van der Waals surface area contributed by atoms with Crippen molar-refractivity contribution in [2.24, 2.45) is 5.10 Å². The highest BCUT2D eigenvalue weighted by atomic mass is 35.5. The zero-order valence-electron chi connectivity index (χ0n) is 15.2. The van der Waals surface area contributed by atoms with Gasteiger partial charge in [0.25, 0.3) is 10.0 Å². The van der Waals surface area contributed by atoms with E-state index in [4.69, 9.17) is 23.2 Å². The van der Waals surface area contributed by atoms with Gasteiger partial charge < -0.3 is 10.2 Å². The van der Waals surface area contributed by atoms with Crippen molar-refractivity contribution in [3.05, 3.63) is 51.0 Å². The first kappa shape index (κ1) is 21.3. The number of halogens is 2. The number of sulfonamides is 1. The summed E-state index contributed by atoms with van der Waals surface area (Å²) in [7, 11) is -3.93. The van der Waals surface area contributed by atoms with Gasteiger partial charge in [0.2, 0.25) is 0 Å². The molecule has 0 atom stereocenters. The first-order valence-corrected chi connectivity index (χ1v) is 10.1. The summed E-state index contributed by atoms with van der Waals surface area (Å²) in [6.07, 6.45) is 1.05. The molecule has 0 spiro atoms. The van der Waals surface area contributed by atoms with E-state index in [9.17, 15) is 18.6 Å². The molecule has 3 N–H and O–H groups in total. The molecule has 2 aromatic carbocycles. The second-order valence-electron chi connectivity index (χ2n) is 7.04. The van der Waals surface area contributed by atoms with Crippen LogP contribution in [-0.4, -0.2) is 24.8 Å². The third kappa shape index (κ3) is 4.66. The van der Waals surface area contributed by atoms with E-state index < -0.39 is 21.5 Å². The molecule has 2 rings (SSSR count).